The highest BCUT2D eigenvalue weighted by Crippen LogP contribution is 2.28. The Kier molecular flexibility index (Phi) is 4.92. The summed E-state index contributed by atoms with van der Waals surface area (Å²) in [7, 11) is -3.41. The van der Waals surface area contributed by atoms with Crippen LogP contribution in [0.5, 0.6) is 0 Å². The molecule has 0 saturated carbocycles. The number of hydrogen-bond acceptors (Lipinski definition) is 4. The van der Waals surface area contributed by atoms with Gasteiger partial charge in [0.2, 0.25) is 10.0 Å². The molecule has 0 aliphatic carbocycles. The Morgan fingerprint density at radius 1 is 1.04 bits per heavy atom. The lowest BCUT2D eigenvalue weighted by Gasteiger charge is -2.16. The maximum absolute atomic E-state index is 12.7. The fraction of sp³-hybridized carbons (Fsp3) is 0.250. The molecular weight excluding hydrogens is 426 g/mol. The first-order chi connectivity index (χ1) is 12.9. The van der Waals surface area contributed by atoms with Gasteiger partial charge in [-0.25, -0.2) is 13.4 Å². The second kappa shape index (κ2) is 7.22. The van der Waals surface area contributed by atoms with E-state index in [2.05, 4.69) is 26.2 Å². The number of rotatable bonds is 4. The largest absolute Gasteiger partial charge is 0.339 e. The first-order valence-electron chi connectivity index (χ1n) is 8.88. The molecule has 0 bridgehead atoms. The molecule has 0 atom stereocenters. The van der Waals surface area contributed by atoms with Gasteiger partial charge >= 0.3 is 0 Å². The fourth-order valence-electron chi connectivity index (χ4n) is 3.27. The smallest absolute Gasteiger partial charge is 0.243 e. The van der Waals surface area contributed by atoms with Gasteiger partial charge in [-0.1, -0.05) is 6.07 Å². The van der Waals surface area contributed by atoms with Gasteiger partial charge in [0, 0.05) is 22.9 Å². The van der Waals surface area contributed by atoms with Crippen LogP contribution in [0, 0.1) is 6.92 Å². The van der Waals surface area contributed by atoms with Crippen molar-refractivity contribution in [1.82, 2.24) is 9.29 Å². The van der Waals surface area contributed by atoms with Crippen LogP contribution < -0.4 is 5.32 Å². The summed E-state index contributed by atoms with van der Waals surface area (Å²) in [6.07, 6.45) is 1.86. The zero-order valence-corrected chi connectivity index (χ0v) is 17.3. The van der Waals surface area contributed by atoms with E-state index in [-0.39, 0.29) is 0 Å². The fourth-order valence-corrected chi connectivity index (χ4v) is 5.42. The molecule has 140 valence electrons. The Morgan fingerprint density at radius 2 is 1.81 bits per heavy atom. The minimum Gasteiger partial charge on any atom is -0.339 e. The summed E-state index contributed by atoms with van der Waals surface area (Å²) in [6.45, 7) is 3.25. The number of fused-ring (bicyclic) bond motifs is 1. The number of benzene rings is 2. The van der Waals surface area contributed by atoms with Crippen molar-refractivity contribution in [2.24, 2.45) is 0 Å². The second-order valence-electron chi connectivity index (χ2n) is 6.77. The summed E-state index contributed by atoms with van der Waals surface area (Å²) in [5.41, 5.74) is 2.86. The Hall–Kier alpha value is -1.96. The maximum Gasteiger partial charge on any atom is 0.243 e. The first-order valence-corrected chi connectivity index (χ1v) is 11.1. The van der Waals surface area contributed by atoms with Gasteiger partial charge in [-0.15, -0.1) is 0 Å². The molecule has 1 aliphatic rings. The van der Waals surface area contributed by atoms with Gasteiger partial charge in [0.1, 0.15) is 5.82 Å². The Bertz CT molecular complexity index is 1110. The van der Waals surface area contributed by atoms with Gasteiger partial charge in [-0.05, 0) is 83.7 Å². The van der Waals surface area contributed by atoms with Gasteiger partial charge in [0.25, 0.3) is 0 Å². The van der Waals surface area contributed by atoms with Crippen LogP contribution in [0.4, 0.5) is 11.5 Å². The molecular formula is C20H20BrN3O2S. The van der Waals surface area contributed by atoms with Crippen LogP contribution in [0.25, 0.3) is 10.9 Å². The highest BCUT2D eigenvalue weighted by atomic mass is 79.9. The SMILES string of the molecule is Cc1ccc(Nc2ccc3cc(S(=O)(=O)N4CCCC4)ccc3n2)c(Br)c1. The molecule has 1 saturated heterocycles. The number of halogens is 1. The second-order valence-corrected chi connectivity index (χ2v) is 9.56. The van der Waals surface area contributed by atoms with E-state index < -0.39 is 10.0 Å². The summed E-state index contributed by atoms with van der Waals surface area (Å²) >= 11 is 3.56. The average Bonchev–Trinajstić information content (AvgIpc) is 3.19. The van der Waals surface area contributed by atoms with E-state index in [0.717, 1.165) is 33.9 Å². The van der Waals surface area contributed by atoms with Crippen molar-refractivity contribution in [3.63, 3.8) is 0 Å². The van der Waals surface area contributed by atoms with Crippen LogP contribution in [-0.4, -0.2) is 30.8 Å². The van der Waals surface area contributed by atoms with E-state index in [1.165, 1.54) is 5.56 Å². The summed E-state index contributed by atoms with van der Waals surface area (Å²) in [4.78, 5) is 4.95. The van der Waals surface area contributed by atoms with Crippen molar-refractivity contribution in [1.29, 1.82) is 0 Å². The van der Waals surface area contributed by atoms with Gasteiger partial charge in [0.05, 0.1) is 16.1 Å². The monoisotopic (exact) mass is 445 g/mol. The molecule has 0 amide bonds. The maximum atomic E-state index is 12.7. The molecule has 4 rings (SSSR count). The third-order valence-corrected chi connectivity index (χ3v) is 7.30. The van der Waals surface area contributed by atoms with Crippen molar-refractivity contribution < 1.29 is 8.42 Å². The third-order valence-electron chi connectivity index (χ3n) is 4.75. The topological polar surface area (TPSA) is 62.3 Å². The molecule has 27 heavy (non-hydrogen) atoms. The van der Waals surface area contributed by atoms with Gasteiger partial charge in [-0.3, -0.25) is 0 Å². The molecule has 7 heteroatoms. The molecule has 2 heterocycles. The molecule has 0 radical (unpaired) electrons. The van der Waals surface area contributed by atoms with Gasteiger partial charge in [-0.2, -0.15) is 4.31 Å². The van der Waals surface area contributed by atoms with E-state index in [1.54, 1.807) is 22.5 Å². The lowest BCUT2D eigenvalue weighted by molar-refractivity contribution is 0.477. The summed E-state index contributed by atoms with van der Waals surface area (Å²) < 4.78 is 28.0. The Balaban J connectivity index is 1.64. The van der Waals surface area contributed by atoms with Crippen molar-refractivity contribution in [2.75, 3.05) is 18.4 Å². The van der Waals surface area contributed by atoms with Crippen molar-refractivity contribution >= 4 is 48.4 Å². The van der Waals surface area contributed by atoms with Gasteiger partial charge < -0.3 is 5.32 Å². The normalized spacial score (nSPS) is 15.3. The van der Waals surface area contributed by atoms with Crippen LogP contribution >= 0.6 is 15.9 Å². The number of aromatic nitrogens is 1. The van der Waals surface area contributed by atoms with Crippen LogP contribution in [0.3, 0.4) is 0 Å². The highest BCUT2D eigenvalue weighted by Gasteiger charge is 2.27. The van der Waals surface area contributed by atoms with E-state index in [1.807, 2.05) is 37.3 Å². The number of nitrogens with zero attached hydrogens (tertiary/aromatic N) is 2. The first kappa shape index (κ1) is 18.4. The quantitative estimate of drug-likeness (QED) is 0.624. The number of nitrogens with one attached hydrogen (secondary N) is 1. The number of pyridine rings is 1. The molecule has 0 unspecified atom stereocenters. The van der Waals surface area contributed by atoms with E-state index in [4.69, 9.17) is 0 Å². The zero-order valence-electron chi connectivity index (χ0n) is 14.9. The van der Waals surface area contributed by atoms with Crippen molar-refractivity contribution in [3.8, 4) is 0 Å². The lowest BCUT2D eigenvalue weighted by atomic mass is 10.2. The minimum absolute atomic E-state index is 0.334. The number of anilines is 2. The molecule has 2 aromatic carbocycles. The predicted octanol–water partition coefficient (Wildman–Crippen LogP) is 4.83. The lowest BCUT2D eigenvalue weighted by Crippen LogP contribution is -2.27. The van der Waals surface area contributed by atoms with E-state index in [0.29, 0.717) is 23.8 Å². The van der Waals surface area contributed by atoms with E-state index >= 15 is 0 Å². The summed E-state index contributed by atoms with van der Waals surface area (Å²) in [5, 5.41) is 4.11. The van der Waals surface area contributed by atoms with Crippen LogP contribution in [0.2, 0.25) is 0 Å². The average molecular weight is 446 g/mol. The van der Waals surface area contributed by atoms with Crippen molar-refractivity contribution in [2.45, 2.75) is 24.7 Å². The van der Waals surface area contributed by atoms with Crippen LogP contribution in [0.15, 0.2) is 57.9 Å². The Morgan fingerprint density at radius 3 is 2.56 bits per heavy atom. The number of sulfonamides is 1. The third kappa shape index (κ3) is 3.72. The molecule has 5 nitrogen and oxygen atoms in total. The van der Waals surface area contributed by atoms with Crippen LogP contribution in [-0.2, 0) is 10.0 Å². The molecule has 1 aromatic heterocycles. The zero-order chi connectivity index (χ0) is 19.0. The molecule has 1 aliphatic heterocycles. The number of hydrogen-bond donors (Lipinski definition) is 1. The number of aryl methyl sites for hydroxylation is 1. The summed E-state index contributed by atoms with van der Waals surface area (Å²) in [5.74, 6) is 0.710. The summed E-state index contributed by atoms with van der Waals surface area (Å²) in [6, 6.07) is 15.0. The molecule has 1 N–H and O–H groups in total. The van der Waals surface area contributed by atoms with Gasteiger partial charge in [0.15, 0.2) is 0 Å². The standard InChI is InChI=1S/C20H20BrN3O2S/c1-14-4-7-19(17(21)12-14)23-20-9-5-15-13-16(6-8-18(15)22-20)27(25,26)24-10-2-3-11-24/h4-9,12-13H,2-3,10-11H2,1H3,(H,22,23). The predicted molar refractivity (Wildman–Crippen MR) is 112 cm³/mol. The Labute approximate surface area is 167 Å². The highest BCUT2D eigenvalue weighted by molar-refractivity contribution is 9.10. The molecule has 1 fully saturated rings. The minimum atomic E-state index is -3.41. The molecule has 0 spiro atoms. The van der Waals surface area contributed by atoms with Crippen LogP contribution in [0.1, 0.15) is 18.4 Å². The molecule has 3 aromatic rings. The van der Waals surface area contributed by atoms with Crippen molar-refractivity contribution in [3.05, 3.63) is 58.6 Å². The van der Waals surface area contributed by atoms with E-state index in [9.17, 15) is 8.42 Å².